The van der Waals surface area contributed by atoms with Gasteiger partial charge in [-0.2, -0.15) is 0 Å². The van der Waals surface area contributed by atoms with Crippen LogP contribution >= 0.6 is 23.8 Å². The summed E-state index contributed by atoms with van der Waals surface area (Å²) in [6.07, 6.45) is 6.10. The largest absolute Gasteiger partial charge is 0.361 e. The van der Waals surface area contributed by atoms with E-state index in [2.05, 4.69) is 32.7 Å². The van der Waals surface area contributed by atoms with E-state index in [-0.39, 0.29) is 5.41 Å². The lowest BCUT2D eigenvalue weighted by Crippen LogP contribution is -2.43. The number of aryl methyl sites for hydroxylation is 2. The first-order valence-electron chi connectivity index (χ1n) is 9.10. The average Bonchev–Trinajstić information content (AvgIpc) is 2.60. The molecule has 1 saturated carbocycles. The minimum absolute atomic E-state index is 0.0952. The van der Waals surface area contributed by atoms with Crippen LogP contribution in [0.3, 0.4) is 0 Å². The maximum Gasteiger partial charge on any atom is 0.229 e. The molecule has 4 nitrogen and oxygen atoms in total. The van der Waals surface area contributed by atoms with Gasteiger partial charge < -0.3 is 10.6 Å². The Morgan fingerprint density at radius 1 is 1.08 bits per heavy atom. The van der Waals surface area contributed by atoms with Crippen LogP contribution in [-0.4, -0.2) is 21.6 Å². The van der Waals surface area contributed by atoms with E-state index in [0.29, 0.717) is 11.1 Å². The molecule has 1 fully saturated rings. The number of halogens is 1. The zero-order valence-corrected chi connectivity index (χ0v) is 16.9. The van der Waals surface area contributed by atoms with Crippen LogP contribution in [0.5, 0.6) is 0 Å². The van der Waals surface area contributed by atoms with Crippen LogP contribution in [0.4, 0.5) is 5.95 Å². The van der Waals surface area contributed by atoms with Crippen LogP contribution in [-0.2, 0) is 5.41 Å². The lowest BCUT2D eigenvalue weighted by molar-refractivity contribution is 0.292. The van der Waals surface area contributed by atoms with Crippen molar-refractivity contribution in [1.82, 2.24) is 15.3 Å². The second-order valence-electron chi connectivity index (χ2n) is 7.13. The maximum atomic E-state index is 6.08. The van der Waals surface area contributed by atoms with Crippen molar-refractivity contribution in [1.29, 1.82) is 0 Å². The molecule has 2 N–H and O–H groups in total. The van der Waals surface area contributed by atoms with E-state index in [1.165, 1.54) is 24.8 Å². The first-order chi connectivity index (χ1) is 12.5. The standard InChI is InChI=1S/C20H25ClN4S/c1-14-12-15(2)24-18(23-14)25-19(26)22-13-20(10-4-3-5-11-20)16-6-8-17(21)9-7-16/h6-9,12H,3-5,10-11,13H2,1-2H3,(H2,22,23,24,25,26). The summed E-state index contributed by atoms with van der Waals surface area (Å²) in [5, 5.41) is 7.86. The molecule has 3 rings (SSSR count). The molecule has 1 aromatic carbocycles. The van der Waals surface area contributed by atoms with Gasteiger partial charge in [0.2, 0.25) is 5.95 Å². The molecule has 1 heterocycles. The molecule has 138 valence electrons. The van der Waals surface area contributed by atoms with Gasteiger partial charge in [-0.1, -0.05) is 43.0 Å². The Hall–Kier alpha value is -1.72. The summed E-state index contributed by atoms with van der Waals surface area (Å²) in [4.78, 5) is 8.78. The minimum Gasteiger partial charge on any atom is -0.361 e. The maximum absolute atomic E-state index is 6.08. The molecule has 1 aromatic heterocycles. The van der Waals surface area contributed by atoms with Crippen LogP contribution in [0, 0.1) is 13.8 Å². The molecular weight excluding hydrogens is 364 g/mol. The monoisotopic (exact) mass is 388 g/mol. The summed E-state index contributed by atoms with van der Waals surface area (Å²) in [6, 6.07) is 10.2. The molecule has 0 atom stereocenters. The van der Waals surface area contributed by atoms with Crippen molar-refractivity contribution in [3.05, 3.63) is 52.3 Å². The van der Waals surface area contributed by atoms with Gasteiger partial charge in [-0.15, -0.1) is 0 Å². The fourth-order valence-electron chi connectivity index (χ4n) is 3.78. The number of benzene rings is 1. The van der Waals surface area contributed by atoms with Gasteiger partial charge in [0.1, 0.15) is 0 Å². The highest BCUT2D eigenvalue weighted by Crippen LogP contribution is 2.39. The summed E-state index contributed by atoms with van der Waals surface area (Å²) < 4.78 is 0. The number of hydrogen-bond donors (Lipinski definition) is 2. The number of nitrogens with one attached hydrogen (secondary N) is 2. The summed E-state index contributed by atoms with van der Waals surface area (Å²) >= 11 is 11.6. The van der Waals surface area contributed by atoms with Gasteiger partial charge in [0, 0.05) is 28.4 Å². The fraction of sp³-hybridized carbons (Fsp3) is 0.450. The van der Waals surface area contributed by atoms with Gasteiger partial charge in [-0.25, -0.2) is 9.97 Å². The second kappa shape index (κ2) is 8.31. The average molecular weight is 389 g/mol. The molecule has 2 aromatic rings. The van der Waals surface area contributed by atoms with Crippen molar-refractivity contribution < 1.29 is 0 Å². The van der Waals surface area contributed by atoms with Crippen molar-refractivity contribution in [3.8, 4) is 0 Å². The van der Waals surface area contributed by atoms with Crippen molar-refractivity contribution in [2.75, 3.05) is 11.9 Å². The Labute approximate surface area is 165 Å². The second-order valence-corrected chi connectivity index (χ2v) is 7.97. The molecule has 0 aliphatic heterocycles. The predicted octanol–water partition coefficient (Wildman–Crippen LogP) is 4.94. The van der Waals surface area contributed by atoms with Crippen molar-refractivity contribution in [3.63, 3.8) is 0 Å². The number of hydrogen-bond acceptors (Lipinski definition) is 3. The van der Waals surface area contributed by atoms with Crippen molar-refractivity contribution in [2.45, 2.75) is 51.4 Å². The minimum atomic E-state index is 0.0952. The SMILES string of the molecule is Cc1cc(C)nc(NC(=S)NCC2(c3ccc(Cl)cc3)CCCCC2)n1. The van der Waals surface area contributed by atoms with E-state index in [4.69, 9.17) is 23.8 Å². The molecule has 6 heteroatoms. The van der Waals surface area contributed by atoms with Crippen LogP contribution in [0.2, 0.25) is 5.02 Å². The van der Waals surface area contributed by atoms with Gasteiger partial charge in [0.15, 0.2) is 5.11 Å². The third kappa shape index (κ3) is 4.71. The lowest BCUT2D eigenvalue weighted by atomic mass is 9.69. The van der Waals surface area contributed by atoms with Crippen LogP contribution in [0.25, 0.3) is 0 Å². The van der Waals surface area contributed by atoms with E-state index < -0.39 is 0 Å². The van der Waals surface area contributed by atoms with Gasteiger partial charge in [-0.05, 0) is 62.7 Å². The molecule has 0 bridgehead atoms. The topological polar surface area (TPSA) is 49.8 Å². The fourth-order valence-corrected chi connectivity index (χ4v) is 4.07. The normalized spacial score (nSPS) is 16.1. The van der Waals surface area contributed by atoms with E-state index in [1.54, 1.807) is 0 Å². The zero-order valence-electron chi connectivity index (χ0n) is 15.3. The molecule has 0 amide bonds. The summed E-state index contributed by atoms with van der Waals surface area (Å²) in [6.45, 7) is 4.70. The number of nitrogens with zero attached hydrogens (tertiary/aromatic N) is 2. The molecule has 0 unspecified atom stereocenters. The lowest BCUT2D eigenvalue weighted by Gasteiger charge is -2.38. The van der Waals surface area contributed by atoms with E-state index >= 15 is 0 Å². The van der Waals surface area contributed by atoms with Gasteiger partial charge in [0.05, 0.1) is 0 Å². The van der Waals surface area contributed by atoms with Gasteiger partial charge >= 0.3 is 0 Å². The smallest absolute Gasteiger partial charge is 0.229 e. The number of rotatable bonds is 4. The van der Waals surface area contributed by atoms with Crippen molar-refractivity contribution >= 4 is 34.9 Å². The van der Waals surface area contributed by atoms with E-state index in [0.717, 1.165) is 35.8 Å². The Balaban J connectivity index is 1.69. The highest BCUT2D eigenvalue weighted by Gasteiger charge is 2.33. The Kier molecular flexibility index (Phi) is 6.09. The molecule has 0 spiro atoms. The summed E-state index contributed by atoms with van der Waals surface area (Å²) in [5.41, 5.74) is 3.28. The number of anilines is 1. The molecule has 26 heavy (non-hydrogen) atoms. The third-order valence-corrected chi connectivity index (χ3v) is 5.56. The van der Waals surface area contributed by atoms with Crippen LogP contribution in [0.1, 0.15) is 49.1 Å². The molecule has 0 radical (unpaired) electrons. The first-order valence-corrected chi connectivity index (χ1v) is 9.89. The number of aromatic nitrogens is 2. The summed E-state index contributed by atoms with van der Waals surface area (Å²) in [5.74, 6) is 0.546. The van der Waals surface area contributed by atoms with E-state index in [1.807, 2.05) is 32.0 Å². The Bertz CT molecular complexity index is 750. The first kappa shape index (κ1) is 19.1. The molecular formula is C20H25ClN4S. The molecule has 0 saturated heterocycles. The quantitative estimate of drug-likeness (QED) is 0.727. The Morgan fingerprint density at radius 3 is 2.31 bits per heavy atom. The molecule has 1 aliphatic rings. The zero-order chi connectivity index (χ0) is 18.6. The van der Waals surface area contributed by atoms with E-state index in [9.17, 15) is 0 Å². The third-order valence-electron chi connectivity index (χ3n) is 5.06. The highest BCUT2D eigenvalue weighted by molar-refractivity contribution is 7.80. The van der Waals surface area contributed by atoms with Crippen LogP contribution < -0.4 is 10.6 Å². The van der Waals surface area contributed by atoms with Crippen molar-refractivity contribution in [2.24, 2.45) is 0 Å². The van der Waals surface area contributed by atoms with Gasteiger partial charge in [0.25, 0.3) is 0 Å². The van der Waals surface area contributed by atoms with Crippen LogP contribution in [0.15, 0.2) is 30.3 Å². The highest BCUT2D eigenvalue weighted by atomic mass is 35.5. The summed E-state index contributed by atoms with van der Waals surface area (Å²) in [7, 11) is 0. The Morgan fingerprint density at radius 2 is 1.69 bits per heavy atom. The van der Waals surface area contributed by atoms with Gasteiger partial charge in [-0.3, -0.25) is 0 Å². The predicted molar refractivity (Wildman–Crippen MR) is 112 cm³/mol. The molecule has 1 aliphatic carbocycles. The number of thiocarbonyl (C=S) groups is 1.